The van der Waals surface area contributed by atoms with Crippen LogP contribution in [0, 0.1) is 0 Å². The molecule has 0 aromatic carbocycles. The first-order valence-electron chi connectivity index (χ1n) is 8.52. The first-order valence-corrected chi connectivity index (χ1v) is 8.52. The van der Waals surface area contributed by atoms with Crippen LogP contribution in [0.15, 0.2) is 30.7 Å². The number of aromatic nitrogens is 3. The SMILES string of the molecule is COc1cncc(OC2CCC(NC(=O)c3cccnc3OC)CC2)n1. The van der Waals surface area contributed by atoms with Crippen molar-refractivity contribution in [2.24, 2.45) is 0 Å². The Kier molecular flexibility index (Phi) is 5.83. The second kappa shape index (κ2) is 8.46. The summed E-state index contributed by atoms with van der Waals surface area (Å²) < 4.78 is 16.1. The summed E-state index contributed by atoms with van der Waals surface area (Å²) in [6.45, 7) is 0. The molecule has 0 bridgehead atoms. The molecule has 1 fully saturated rings. The summed E-state index contributed by atoms with van der Waals surface area (Å²) in [6.07, 6.45) is 8.07. The number of rotatable bonds is 6. The molecular weight excluding hydrogens is 336 g/mol. The minimum absolute atomic E-state index is 0.0532. The minimum atomic E-state index is -0.169. The molecule has 2 heterocycles. The summed E-state index contributed by atoms with van der Waals surface area (Å²) >= 11 is 0. The normalized spacial score (nSPS) is 19.5. The van der Waals surface area contributed by atoms with Crippen molar-refractivity contribution in [3.05, 3.63) is 36.3 Å². The smallest absolute Gasteiger partial charge is 0.256 e. The zero-order valence-corrected chi connectivity index (χ0v) is 14.8. The molecule has 2 aromatic rings. The molecule has 1 N–H and O–H groups in total. The zero-order chi connectivity index (χ0) is 18.4. The van der Waals surface area contributed by atoms with Crippen molar-refractivity contribution in [1.82, 2.24) is 20.3 Å². The number of pyridine rings is 1. The lowest BCUT2D eigenvalue weighted by molar-refractivity contribution is 0.0885. The maximum absolute atomic E-state index is 12.4. The first kappa shape index (κ1) is 17.9. The maximum atomic E-state index is 12.4. The van der Waals surface area contributed by atoms with E-state index in [0.717, 1.165) is 25.7 Å². The van der Waals surface area contributed by atoms with Gasteiger partial charge in [0.2, 0.25) is 17.6 Å². The van der Waals surface area contributed by atoms with Gasteiger partial charge in [0, 0.05) is 12.2 Å². The lowest BCUT2D eigenvalue weighted by Gasteiger charge is -2.29. The van der Waals surface area contributed by atoms with Crippen LogP contribution in [0.25, 0.3) is 0 Å². The van der Waals surface area contributed by atoms with Crippen LogP contribution in [-0.4, -0.2) is 47.2 Å². The van der Waals surface area contributed by atoms with Crippen molar-refractivity contribution in [3.8, 4) is 17.6 Å². The van der Waals surface area contributed by atoms with E-state index < -0.39 is 0 Å². The van der Waals surface area contributed by atoms with E-state index in [-0.39, 0.29) is 18.1 Å². The molecule has 1 amide bonds. The standard InChI is InChI=1S/C18H22N4O4/c1-24-15-10-19-11-16(22-15)26-13-7-5-12(6-8-13)21-17(23)14-4-3-9-20-18(14)25-2/h3-4,9-13H,5-8H2,1-2H3,(H,21,23). The molecule has 0 saturated heterocycles. The molecule has 0 aliphatic heterocycles. The maximum Gasteiger partial charge on any atom is 0.256 e. The minimum Gasteiger partial charge on any atom is -0.480 e. The van der Waals surface area contributed by atoms with Crippen LogP contribution in [-0.2, 0) is 0 Å². The molecule has 2 aromatic heterocycles. The van der Waals surface area contributed by atoms with Crippen molar-refractivity contribution in [3.63, 3.8) is 0 Å². The number of nitrogens with zero attached hydrogens (tertiary/aromatic N) is 3. The van der Waals surface area contributed by atoms with E-state index in [1.807, 2.05) is 0 Å². The predicted octanol–water partition coefficient (Wildman–Crippen LogP) is 2.01. The van der Waals surface area contributed by atoms with Gasteiger partial charge in [-0.3, -0.25) is 9.78 Å². The highest BCUT2D eigenvalue weighted by atomic mass is 16.5. The molecule has 3 rings (SSSR count). The Bertz CT molecular complexity index is 747. The first-order chi connectivity index (χ1) is 12.7. The Labute approximate surface area is 151 Å². The van der Waals surface area contributed by atoms with Crippen molar-refractivity contribution in [2.45, 2.75) is 37.8 Å². The summed E-state index contributed by atoms with van der Waals surface area (Å²) in [5.41, 5.74) is 0.444. The monoisotopic (exact) mass is 358 g/mol. The number of carbonyl (C=O) groups is 1. The van der Waals surface area contributed by atoms with Crippen molar-refractivity contribution in [1.29, 1.82) is 0 Å². The molecule has 1 saturated carbocycles. The molecule has 8 nitrogen and oxygen atoms in total. The zero-order valence-electron chi connectivity index (χ0n) is 14.8. The highest BCUT2D eigenvalue weighted by Crippen LogP contribution is 2.24. The van der Waals surface area contributed by atoms with E-state index in [1.165, 1.54) is 13.3 Å². The Morgan fingerprint density at radius 3 is 2.62 bits per heavy atom. The van der Waals surface area contributed by atoms with Crippen LogP contribution in [0.1, 0.15) is 36.0 Å². The van der Waals surface area contributed by atoms with E-state index in [9.17, 15) is 4.79 Å². The number of hydrogen-bond acceptors (Lipinski definition) is 7. The van der Waals surface area contributed by atoms with Gasteiger partial charge in [-0.2, -0.15) is 4.98 Å². The largest absolute Gasteiger partial charge is 0.480 e. The van der Waals surface area contributed by atoms with Gasteiger partial charge in [-0.1, -0.05) is 0 Å². The van der Waals surface area contributed by atoms with Gasteiger partial charge >= 0.3 is 0 Å². The number of methoxy groups -OCH3 is 2. The Balaban J connectivity index is 1.51. The third-order valence-electron chi connectivity index (χ3n) is 4.31. The fraction of sp³-hybridized carbons (Fsp3) is 0.444. The van der Waals surface area contributed by atoms with Gasteiger partial charge < -0.3 is 19.5 Å². The summed E-state index contributed by atoms with van der Waals surface area (Å²) in [4.78, 5) is 24.8. The quantitative estimate of drug-likeness (QED) is 0.844. The number of amides is 1. The molecule has 0 radical (unpaired) electrons. The highest BCUT2D eigenvalue weighted by Gasteiger charge is 2.25. The molecule has 0 atom stereocenters. The predicted molar refractivity (Wildman–Crippen MR) is 93.5 cm³/mol. The molecule has 0 spiro atoms. The van der Waals surface area contributed by atoms with E-state index in [4.69, 9.17) is 14.2 Å². The number of ether oxygens (including phenoxy) is 3. The van der Waals surface area contributed by atoms with Gasteiger partial charge in [-0.25, -0.2) is 4.98 Å². The number of carbonyl (C=O) groups excluding carboxylic acids is 1. The molecule has 138 valence electrons. The van der Waals surface area contributed by atoms with Crippen molar-refractivity contribution >= 4 is 5.91 Å². The third-order valence-corrected chi connectivity index (χ3v) is 4.31. The summed E-state index contributed by atoms with van der Waals surface area (Å²) in [5, 5.41) is 3.05. The van der Waals surface area contributed by atoms with Crippen molar-refractivity contribution in [2.75, 3.05) is 14.2 Å². The summed E-state index contributed by atoms with van der Waals surface area (Å²) in [5.74, 6) is 1.04. The van der Waals surface area contributed by atoms with E-state index in [2.05, 4.69) is 20.3 Å². The molecule has 8 heteroatoms. The van der Waals surface area contributed by atoms with Gasteiger partial charge in [0.25, 0.3) is 5.91 Å². The molecule has 26 heavy (non-hydrogen) atoms. The van der Waals surface area contributed by atoms with Crippen LogP contribution in [0.4, 0.5) is 0 Å². The summed E-state index contributed by atoms with van der Waals surface area (Å²) in [7, 11) is 3.04. The second-order valence-electron chi connectivity index (χ2n) is 6.02. The third kappa shape index (κ3) is 4.38. The highest BCUT2D eigenvalue weighted by molar-refractivity contribution is 5.96. The topological polar surface area (TPSA) is 95.5 Å². The van der Waals surface area contributed by atoms with Crippen LogP contribution in [0.3, 0.4) is 0 Å². The molecular formula is C18H22N4O4. The molecule has 0 unspecified atom stereocenters. The average Bonchev–Trinajstić information content (AvgIpc) is 2.69. The molecule has 1 aliphatic carbocycles. The van der Waals surface area contributed by atoms with Crippen LogP contribution < -0.4 is 19.5 Å². The summed E-state index contributed by atoms with van der Waals surface area (Å²) in [6, 6.07) is 3.53. The lowest BCUT2D eigenvalue weighted by atomic mass is 9.92. The van der Waals surface area contributed by atoms with Gasteiger partial charge in [-0.15, -0.1) is 0 Å². The van der Waals surface area contributed by atoms with Gasteiger partial charge in [0.15, 0.2) is 0 Å². The van der Waals surface area contributed by atoms with E-state index in [0.29, 0.717) is 23.2 Å². The van der Waals surface area contributed by atoms with Gasteiger partial charge in [0.05, 0.1) is 26.6 Å². The van der Waals surface area contributed by atoms with Gasteiger partial charge in [0.1, 0.15) is 11.7 Å². The van der Waals surface area contributed by atoms with Gasteiger partial charge in [-0.05, 0) is 37.8 Å². The van der Waals surface area contributed by atoms with E-state index >= 15 is 0 Å². The lowest BCUT2D eigenvalue weighted by Crippen LogP contribution is -2.39. The van der Waals surface area contributed by atoms with Crippen LogP contribution >= 0.6 is 0 Å². The van der Waals surface area contributed by atoms with Crippen molar-refractivity contribution < 1.29 is 19.0 Å². The van der Waals surface area contributed by atoms with E-state index in [1.54, 1.807) is 31.6 Å². The Morgan fingerprint density at radius 2 is 1.88 bits per heavy atom. The Morgan fingerprint density at radius 1 is 1.12 bits per heavy atom. The second-order valence-corrected chi connectivity index (χ2v) is 6.02. The average molecular weight is 358 g/mol. The fourth-order valence-electron chi connectivity index (χ4n) is 2.97. The number of hydrogen-bond donors (Lipinski definition) is 1. The Hall–Kier alpha value is -2.90. The van der Waals surface area contributed by atoms with Crippen LogP contribution in [0.5, 0.6) is 17.6 Å². The number of nitrogens with one attached hydrogen (secondary N) is 1. The fourth-order valence-corrected chi connectivity index (χ4v) is 2.97. The molecule has 1 aliphatic rings. The van der Waals surface area contributed by atoms with Crippen LogP contribution in [0.2, 0.25) is 0 Å².